The zero-order chi connectivity index (χ0) is 10.6. The molecule has 1 heterocycles. The van der Waals surface area contributed by atoms with Gasteiger partial charge in [0, 0.05) is 13.0 Å². The molecule has 78 valence electrons. The summed E-state index contributed by atoms with van der Waals surface area (Å²) in [6.45, 7) is 2.57. The zero-order valence-corrected chi connectivity index (χ0v) is 8.36. The SMILES string of the molecule is Cc1ncoc1CCN(C)CC(=O)O. The number of aryl methyl sites for hydroxylation is 1. The van der Waals surface area contributed by atoms with Crippen LogP contribution in [-0.4, -0.2) is 41.1 Å². The van der Waals surface area contributed by atoms with Gasteiger partial charge in [-0.05, 0) is 14.0 Å². The molecule has 1 N–H and O–H groups in total. The number of nitrogens with zero attached hydrogens (tertiary/aromatic N) is 2. The second-order valence-electron chi connectivity index (χ2n) is 3.24. The van der Waals surface area contributed by atoms with E-state index in [-0.39, 0.29) is 6.54 Å². The number of aromatic nitrogens is 1. The van der Waals surface area contributed by atoms with Gasteiger partial charge >= 0.3 is 5.97 Å². The molecule has 0 spiro atoms. The molecule has 5 heteroatoms. The Bertz CT molecular complexity index is 309. The van der Waals surface area contributed by atoms with E-state index in [2.05, 4.69) is 4.98 Å². The lowest BCUT2D eigenvalue weighted by Crippen LogP contribution is -2.27. The van der Waals surface area contributed by atoms with E-state index in [9.17, 15) is 4.79 Å². The topological polar surface area (TPSA) is 66.6 Å². The highest BCUT2D eigenvalue weighted by Gasteiger charge is 2.07. The number of carbonyl (C=O) groups is 1. The molecule has 1 aromatic rings. The van der Waals surface area contributed by atoms with Crippen LogP contribution in [0.1, 0.15) is 11.5 Å². The van der Waals surface area contributed by atoms with Crippen LogP contribution < -0.4 is 0 Å². The lowest BCUT2D eigenvalue weighted by molar-refractivity contribution is -0.137. The first-order chi connectivity index (χ1) is 6.59. The molecule has 0 radical (unpaired) electrons. The van der Waals surface area contributed by atoms with Crippen LogP contribution in [0.2, 0.25) is 0 Å². The van der Waals surface area contributed by atoms with Gasteiger partial charge in [-0.1, -0.05) is 0 Å². The van der Waals surface area contributed by atoms with E-state index in [0.717, 1.165) is 11.5 Å². The molecule has 1 aromatic heterocycles. The molecule has 0 atom stereocenters. The molecular formula is C9H14N2O3. The molecule has 0 saturated heterocycles. The van der Waals surface area contributed by atoms with Crippen molar-refractivity contribution >= 4 is 5.97 Å². The first-order valence-corrected chi connectivity index (χ1v) is 4.39. The van der Waals surface area contributed by atoms with Crippen LogP contribution in [0.3, 0.4) is 0 Å². The Labute approximate surface area is 82.4 Å². The summed E-state index contributed by atoms with van der Waals surface area (Å²) in [6, 6.07) is 0. The van der Waals surface area contributed by atoms with E-state index in [4.69, 9.17) is 9.52 Å². The first-order valence-electron chi connectivity index (χ1n) is 4.39. The number of carboxylic acids is 1. The van der Waals surface area contributed by atoms with Crippen molar-refractivity contribution in [3.8, 4) is 0 Å². The third kappa shape index (κ3) is 3.18. The van der Waals surface area contributed by atoms with Gasteiger partial charge in [0.1, 0.15) is 5.76 Å². The minimum absolute atomic E-state index is 0.0488. The first kappa shape index (κ1) is 10.7. The molecule has 0 amide bonds. The van der Waals surface area contributed by atoms with Gasteiger partial charge in [0.2, 0.25) is 0 Å². The number of hydrogen-bond donors (Lipinski definition) is 1. The fraction of sp³-hybridized carbons (Fsp3) is 0.556. The summed E-state index contributed by atoms with van der Waals surface area (Å²) < 4.78 is 5.13. The molecule has 0 saturated carbocycles. The second kappa shape index (κ2) is 4.76. The van der Waals surface area contributed by atoms with Gasteiger partial charge in [-0.15, -0.1) is 0 Å². The highest BCUT2D eigenvalue weighted by molar-refractivity contribution is 5.68. The Hall–Kier alpha value is -1.36. The van der Waals surface area contributed by atoms with E-state index in [1.807, 2.05) is 6.92 Å². The van der Waals surface area contributed by atoms with Gasteiger partial charge in [-0.2, -0.15) is 0 Å². The molecule has 14 heavy (non-hydrogen) atoms. The second-order valence-corrected chi connectivity index (χ2v) is 3.24. The van der Waals surface area contributed by atoms with Crippen LogP contribution in [-0.2, 0) is 11.2 Å². The lowest BCUT2D eigenvalue weighted by Gasteiger charge is -2.12. The maximum Gasteiger partial charge on any atom is 0.317 e. The fourth-order valence-corrected chi connectivity index (χ4v) is 1.17. The van der Waals surface area contributed by atoms with Gasteiger partial charge in [0.25, 0.3) is 0 Å². The summed E-state index contributed by atoms with van der Waals surface area (Å²) in [5, 5.41) is 8.52. The third-order valence-electron chi connectivity index (χ3n) is 1.97. The molecule has 0 fully saturated rings. The van der Waals surface area contributed by atoms with Crippen molar-refractivity contribution in [2.24, 2.45) is 0 Å². The van der Waals surface area contributed by atoms with Crippen molar-refractivity contribution in [2.45, 2.75) is 13.3 Å². The van der Waals surface area contributed by atoms with E-state index in [0.29, 0.717) is 13.0 Å². The molecule has 0 aliphatic carbocycles. The van der Waals surface area contributed by atoms with Crippen molar-refractivity contribution in [1.29, 1.82) is 0 Å². The number of rotatable bonds is 5. The van der Waals surface area contributed by atoms with Crippen LogP contribution >= 0.6 is 0 Å². The van der Waals surface area contributed by atoms with Crippen molar-refractivity contribution in [3.63, 3.8) is 0 Å². The molecule has 0 bridgehead atoms. The maximum atomic E-state index is 10.4. The van der Waals surface area contributed by atoms with Crippen LogP contribution in [0.5, 0.6) is 0 Å². The van der Waals surface area contributed by atoms with E-state index in [1.165, 1.54) is 6.39 Å². The molecule has 1 rings (SSSR count). The van der Waals surface area contributed by atoms with Gasteiger partial charge in [0.05, 0.1) is 12.2 Å². The number of likely N-dealkylation sites (N-methyl/N-ethyl adjacent to an activating group) is 1. The zero-order valence-electron chi connectivity index (χ0n) is 8.36. The van der Waals surface area contributed by atoms with Crippen LogP contribution in [0.15, 0.2) is 10.8 Å². The minimum atomic E-state index is -0.818. The summed E-state index contributed by atoms with van der Waals surface area (Å²) in [6.07, 6.45) is 2.09. The van der Waals surface area contributed by atoms with E-state index in [1.54, 1.807) is 11.9 Å². The smallest absolute Gasteiger partial charge is 0.317 e. The molecule has 0 aliphatic rings. The number of oxazole rings is 1. The summed E-state index contributed by atoms with van der Waals surface area (Å²) in [5.41, 5.74) is 0.869. The van der Waals surface area contributed by atoms with E-state index >= 15 is 0 Å². The quantitative estimate of drug-likeness (QED) is 0.748. The van der Waals surface area contributed by atoms with Gasteiger partial charge in [-0.25, -0.2) is 4.98 Å². The Morgan fingerprint density at radius 3 is 2.93 bits per heavy atom. The average Bonchev–Trinajstić information content (AvgIpc) is 2.46. The Balaban J connectivity index is 2.34. The third-order valence-corrected chi connectivity index (χ3v) is 1.97. The van der Waals surface area contributed by atoms with Gasteiger partial charge < -0.3 is 9.52 Å². The Morgan fingerprint density at radius 1 is 1.71 bits per heavy atom. The van der Waals surface area contributed by atoms with Crippen molar-refractivity contribution < 1.29 is 14.3 Å². The minimum Gasteiger partial charge on any atom is -0.480 e. The number of carboxylic acid groups (broad SMARTS) is 1. The molecule has 0 aromatic carbocycles. The predicted molar refractivity (Wildman–Crippen MR) is 50.1 cm³/mol. The molecule has 0 unspecified atom stereocenters. The van der Waals surface area contributed by atoms with Crippen molar-refractivity contribution in [1.82, 2.24) is 9.88 Å². The number of aliphatic carboxylic acids is 1. The standard InChI is InChI=1S/C9H14N2O3/c1-7-8(14-6-10-7)3-4-11(2)5-9(12)13/h6H,3-5H2,1-2H3,(H,12,13). The summed E-state index contributed by atoms with van der Waals surface area (Å²) in [4.78, 5) is 16.0. The molecule has 5 nitrogen and oxygen atoms in total. The molecular weight excluding hydrogens is 184 g/mol. The van der Waals surface area contributed by atoms with Crippen LogP contribution in [0.25, 0.3) is 0 Å². The summed E-state index contributed by atoms with van der Waals surface area (Å²) in [7, 11) is 1.76. The number of hydrogen-bond acceptors (Lipinski definition) is 4. The summed E-state index contributed by atoms with van der Waals surface area (Å²) >= 11 is 0. The highest BCUT2D eigenvalue weighted by Crippen LogP contribution is 2.05. The Morgan fingerprint density at radius 2 is 2.43 bits per heavy atom. The molecule has 0 aliphatic heterocycles. The van der Waals surface area contributed by atoms with Crippen LogP contribution in [0, 0.1) is 6.92 Å². The lowest BCUT2D eigenvalue weighted by atomic mass is 10.2. The predicted octanol–water partition coefficient (Wildman–Crippen LogP) is 0.542. The summed E-state index contributed by atoms with van der Waals surface area (Å²) in [5.74, 6) is 0.00373. The highest BCUT2D eigenvalue weighted by atomic mass is 16.4. The van der Waals surface area contributed by atoms with Crippen molar-refractivity contribution in [2.75, 3.05) is 20.1 Å². The maximum absolute atomic E-state index is 10.4. The van der Waals surface area contributed by atoms with Crippen LogP contribution in [0.4, 0.5) is 0 Å². The fourth-order valence-electron chi connectivity index (χ4n) is 1.17. The van der Waals surface area contributed by atoms with Crippen molar-refractivity contribution in [3.05, 3.63) is 17.8 Å². The van der Waals surface area contributed by atoms with E-state index < -0.39 is 5.97 Å². The monoisotopic (exact) mass is 198 g/mol. The Kier molecular flexibility index (Phi) is 3.64. The largest absolute Gasteiger partial charge is 0.480 e. The normalized spacial score (nSPS) is 10.8. The van der Waals surface area contributed by atoms with Gasteiger partial charge in [-0.3, -0.25) is 9.69 Å². The average molecular weight is 198 g/mol. The van der Waals surface area contributed by atoms with Gasteiger partial charge in [0.15, 0.2) is 6.39 Å².